The lowest BCUT2D eigenvalue weighted by Gasteiger charge is -2.28. The Labute approximate surface area is 167 Å². The molecule has 152 valence electrons. The van der Waals surface area contributed by atoms with Crippen LogP contribution >= 0.6 is 0 Å². The van der Waals surface area contributed by atoms with Crippen LogP contribution in [-0.2, 0) is 19.1 Å². The summed E-state index contributed by atoms with van der Waals surface area (Å²) in [5.41, 5.74) is 1.15. The Kier molecular flexibility index (Phi) is 12.8. The molecule has 0 aliphatic carbocycles. The van der Waals surface area contributed by atoms with Gasteiger partial charge < -0.3 is 19.3 Å². The number of ether oxygens (including phenoxy) is 2. The van der Waals surface area contributed by atoms with Gasteiger partial charge in [0.15, 0.2) is 12.6 Å². The third kappa shape index (κ3) is 9.30. The van der Waals surface area contributed by atoms with E-state index in [1.165, 1.54) is 0 Å². The van der Waals surface area contributed by atoms with E-state index < -0.39 is 0 Å². The van der Waals surface area contributed by atoms with Crippen LogP contribution in [0.3, 0.4) is 0 Å². The SMILES string of the molecule is C=C/C=C/C=C(\C=O)N1CCOCCN(/C(C=O)=C/C=C/C=C)CCOCC1. The zero-order valence-corrected chi connectivity index (χ0v) is 16.4. The summed E-state index contributed by atoms with van der Waals surface area (Å²) in [6.07, 6.45) is 15.6. The Morgan fingerprint density at radius 3 is 1.29 bits per heavy atom. The molecule has 0 saturated carbocycles. The zero-order chi connectivity index (χ0) is 20.5. The Morgan fingerprint density at radius 1 is 0.643 bits per heavy atom. The van der Waals surface area contributed by atoms with E-state index in [2.05, 4.69) is 13.2 Å². The Hall–Kier alpha value is -2.70. The number of aldehydes is 2. The van der Waals surface area contributed by atoms with Crippen molar-refractivity contribution in [3.05, 3.63) is 73.2 Å². The Morgan fingerprint density at radius 2 is 1.00 bits per heavy atom. The summed E-state index contributed by atoms with van der Waals surface area (Å²) < 4.78 is 11.5. The van der Waals surface area contributed by atoms with Crippen LogP contribution in [0.5, 0.6) is 0 Å². The molecule has 0 aromatic rings. The van der Waals surface area contributed by atoms with Crippen LogP contribution in [0.4, 0.5) is 0 Å². The number of allylic oxidation sites excluding steroid dienone is 10. The van der Waals surface area contributed by atoms with Crippen molar-refractivity contribution >= 4 is 12.6 Å². The van der Waals surface area contributed by atoms with E-state index in [1.54, 1.807) is 48.6 Å². The molecule has 0 bridgehead atoms. The van der Waals surface area contributed by atoms with Crippen molar-refractivity contribution in [3.8, 4) is 0 Å². The second-order valence-electron chi connectivity index (χ2n) is 5.86. The Balaban J connectivity index is 2.72. The highest BCUT2D eigenvalue weighted by molar-refractivity contribution is 5.73. The standard InChI is InChI=1S/C22H30N2O4/c1-3-5-7-9-21(19-25)23-11-15-27-17-13-24(14-18-28-16-12-23)22(20-26)10-8-6-4-2/h3-10,19-20H,1-2,11-18H2/b7-5+,8-6+,21-9+,22-10+. The third-order valence-electron chi connectivity index (χ3n) is 4.02. The van der Waals surface area contributed by atoms with Crippen LogP contribution in [0.15, 0.2) is 73.2 Å². The number of carbonyl (C=O) groups is 2. The minimum Gasteiger partial charge on any atom is -0.378 e. The minimum absolute atomic E-state index is 0.473. The van der Waals surface area contributed by atoms with Gasteiger partial charge in [0.05, 0.1) is 37.8 Å². The number of nitrogens with zero attached hydrogens (tertiary/aromatic N) is 2. The van der Waals surface area contributed by atoms with Crippen molar-refractivity contribution in [1.82, 2.24) is 9.80 Å². The summed E-state index contributed by atoms with van der Waals surface area (Å²) in [4.78, 5) is 26.7. The number of rotatable bonds is 8. The molecule has 0 amide bonds. The molecule has 0 spiro atoms. The third-order valence-corrected chi connectivity index (χ3v) is 4.02. The van der Waals surface area contributed by atoms with Crippen LogP contribution < -0.4 is 0 Å². The molecule has 0 unspecified atom stereocenters. The molecule has 1 aliphatic heterocycles. The molecular formula is C22H30N2O4. The summed E-state index contributed by atoms with van der Waals surface area (Å²) in [6.45, 7) is 11.4. The molecule has 0 N–H and O–H groups in total. The van der Waals surface area contributed by atoms with Crippen LogP contribution in [-0.4, -0.2) is 75.0 Å². The van der Waals surface area contributed by atoms with Crippen molar-refractivity contribution in [2.45, 2.75) is 0 Å². The smallest absolute Gasteiger partial charge is 0.166 e. The van der Waals surface area contributed by atoms with Gasteiger partial charge in [-0.15, -0.1) is 0 Å². The van der Waals surface area contributed by atoms with E-state index in [4.69, 9.17) is 9.47 Å². The lowest BCUT2D eigenvalue weighted by atomic mass is 10.3. The highest BCUT2D eigenvalue weighted by atomic mass is 16.5. The van der Waals surface area contributed by atoms with E-state index in [1.807, 2.05) is 9.80 Å². The lowest BCUT2D eigenvalue weighted by Crippen LogP contribution is -2.35. The van der Waals surface area contributed by atoms with Crippen molar-refractivity contribution < 1.29 is 19.1 Å². The molecule has 0 aromatic heterocycles. The fourth-order valence-electron chi connectivity index (χ4n) is 2.55. The lowest BCUT2D eigenvalue weighted by molar-refractivity contribution is -0.106. The molecule has 1 rings (SSSR count). The van der Waals surface area contributed by atoms with Crippen molar-refractivity contribution in [2.75, 3.05) is 52.6 Å². The fraction of sp³-hybridized carbons (Fsp3) is 0.364. The summed E-state index contributed by atoms with van der Waals surface area (Å²) in [5.74, 6) is 0. The highest BCUT2D eigenvalue weighted by Gasteiger charge is 2.12. The summed E-state index contributed by atoms with van der Waals surface area (Å²) in [6, 6.07) is 0. The topological polar surface area (TPSA) is 59.1 Å². The van der Waals surface area contributed by atoms with Gasteiger partial charge in [0.2, 0.25) is 0 Å². The summed E-state index contributed by atoms with van der Waals surface area (Å²) in [5, 5.41) is 0. The average molecular weight is 386 g/mol. The van der Waals surface area contributed by atoms with Crippen LogP contribution in [0, 0.1) is 0 Å². The van der Waals surface area contributed by atoms with Crippen molar-refractivity contribution in [1.29, 1.82) is 0 Å². The second kappa shape index (κ2) is 15.4. The largest absolute Gasteiger partial charge is 0.378 e. The molecule has 6 nitrogen and oxygen atoms in total. The van der Waals surface area contributed by atoms with Gasteiger partial charge in [-0.3, -0.25) is 9.59 Å². The van der Waals surface area contributed by atoms with E-state index in [-0.39, 0.29) is 0 Å². The molecule has 1 aliphatic rings. The Bertz CT molecular complexity index is 554. The number of hydrogen-bond acceptors (Lipinski definition) is 6. The predicted octanol–water partition coefficient (Wildman–Crippen LogP) is 2.29. The monoisotopic (exact) mass is 386 g/mol. The molecule has 1 heterocycles. The van der Waals surface area contributed by atoms with Gasteiger partial charge in [0.1, 0.15) is 0 Å². The highest BCUT2D eigenvalue weighted by Crippen LogP contribution is 2.06. The second-order valence-corrected chi connectivity index (χ2v) is 5.86. The average Bonchev–Trinajstić information content (AvgIpc) is 2.70. The summed E-state index contributed by atoms with van der Waals surface area (Å²) >= 11 is 0. The maximum absolute atomic E-state index is 11.4. The van der Waals surface area contributed by atoms with Crippen LogP contribution in [0.2, 0.25) is 0 Å². The molecular weight excluding hydrogens is 356 g/mol. The van der Waals surface area contributed by atoms with E-state index in [9.17, 15) is 9.59 Å². The first-order valence-electron chi connectivity index (χ1n) is 9.31. The van der Waals surface area contributed by atoms with Gasteiger partial charge >= 0.3 is 0 Å². The molecule has 0 atom stereocenters. The van der Waals surface area contributed by atoms with Crippen molar-refractivity contribution in [3.63, 3.8) is 0 Å². The van der Waals surface area contributed by atoms with Crippen LogP contribution in [0.1, 0.15) is 0 Å². The number of hydrogen-bond donors (Lipinski definition) is 0. The zero-order valence-electron chi connectivity index (χ0n) is 16.4. The van der Waals surface area contributed by atoms with E-state index in [0.717, 1.165) is 12.6 Å². The fourth-order valence-corrected chi connectivity index (χ4v) is 2.55. The molecule has 1 saturated heterocycles. The van der Waals surface area contributed by atoms with Gasteiger partial charge in [0, 0.05) is 26.2 Å². The molecule has 28 heavy (non-hydrogen) atoms. The van der Waals surface area contributed by atoms with E-state index >= 15 is 0 Å². The maximum Gasteiger partial charge on any atom is 0.166 e. The maximum atomic E-state index is 11.4. The molecule has 6 heteroatoms. The predicted molar refractivity (Wildman–Crippen MR) is 112 cm³/mol. The normalized spacial score (nSPS) is 18.6. The first kappa shape index (κ1) is 23.3. The quantitative estimate of drug-likeness (QED) is 0.362. The number of carbonyl (C=O) groups excluding carboxylic acids is 2. The molecule has 0 radical (unpaired) electrons. The van der Waals surface area contributed by atoms with Crippen molar-refractivity contribution in [2.24, 2.45) is 0 Å². The van der Waals surface area contributed by atoms with E-state index in [0.29, 0.717) is 64.0 Å². The van der Waals surface area contributed by atoms with Gasteiger partial charge in [0.25, 0.3) is 0 Å². The van der Waals surface area contributed by atoms with Gasteiger partial charge in [-0.05, 0) is 12.2 Å². The molecule has 1 fully saturated rings. The minimum atomic E-state index is 0.473. The first-order valence-corrected chi connectivity index (χ1v) is 9.31. The molecule has 0 aromatic carbocycles. The van der Waals surface area contributed by atoms with Gasteiger partial charge in [-0.2, -0.15) is 0 Å². The van der Waals surface area contributed by atoms with Gasteiger partial charge in [-0.1, -0.05) is 49.6 Å². The van der Waals surface area contributed by atoms with Gasteiger partial charge in [-0.25, -0.2) is 0 Å². The van der Waals surface area contributed by atoms with Crippen LogP contribution in [0.25, 0.3) is 0 Å². The first-order chi connectivity index (χ1) is 13.8. The summed E-state index contributed by atoms with van der Waals surface area (Å²) in [7, 11) is 0.